The van der Waals surface area contributed by atoms with Crippen LogP contribution in [0.1, 0.15) is 11.3 Å². The second-order valence-electron chi connectivity index (χ2n) is 4.74. The van der Waals surface area contributed by atoms with Crippen molar-refractivity contribution >= 4 is 10.9 Å². The molecular weight excluding hydrogens is 250 g/mol. The molecule has 20 heavy (non-hydrogen) atoms. The van der Waals surface area contributed by atoms with Crippen molar-refractivity contribution in [3.63, 3.8) is 0 Å². The molecule has 100 valence electrons. The fraction of sp³-hybridized carbons (Fsp3) is 0.118. The van der Waals surface area contributed by atoms with Crippen molar-refractivity contribution in [2.24, 2.45) is 0 Å². The summed E-state index contributed by atoms with van der Waals surface area (Å²) in [6.45, 7) is 2.37. The number of pyridine rings is 1. The summed E-state index contributed by atoms with van der Waals surface area (Å²) < 4.78 is 5.75. The number of ether oxygens (including phenoxy) is 1. The van der Waals surface area contributed by atoms with E-state index >= 15 is 0 Å². The van der Waals surface area contributed by atoms with Crippen LogP contribution >= 0.6 is 0 Å². The van der Waals surface area contributed by atoms with Crippen molar-refractivity contribution in [2.75, 3.05) is 0 Å². The van der Waals surface area contributed by atoms with Crippen LogP contribution in [0.2, 0.25) is 0 Å². The van der Waals surface area contributed by atoms with Gasteiger partial charge in [-0.2, -0.15) is 0 Å². The van der Waals surface area contributed by atoms with Crippen molar-refractivity contribution < 1.29 is 9.84 Å². The molecule has 0 aliphatic rings. The third-order valence-electron chi connectivity index (χ3n) is 3.13. The minimum absolute atomic E-state index is 0.234. The molecule has 0 aliphatic heterocycles. The molecule has 0 radical (unpaired) electrons. The van der Waals surface area contributed by atoms with Gasteiger partial charge in [0.05, 0.1) is 5.52 Å². The maximum atomic E-state index is 9.97. The molecule has 3 nitrogen and oxygen atoms in total. The zero-order chi connectivity index (χ0) is 13.9. The highest BCUT2D eigenvalue weighted by Gasteiger charge is 2.05. The van der Waals surface area contributed by atoms with Crippen molar-refractivity contribution in [3.05, 3.63) is 65.9 Å². The molecule has 0 spiro atoms. The fourth-order valence-corrected chi connectivity index (χ4v) is 2.15. The second kappa shape index (κ2) is 5.21. The largest absolute Gasteiger partial charge is 0.507 e. The summed E-state index contributed by atoms with van der Waals surface area (Å²) in [5.41, 5.74) is 2.68. The predicted octanol–water partition coefficient (Wildman–Crippen LogP) is 3.83. The molecular formula is C17H15NO2. The van der Waals surface area contributed by atoms with E-state index in [1.54, 1.807) is 6.07 Å². The van der Waals surface area contributed by atoms with Gasteiger partial charge in [-0.1, -0.05) is 30.3 Å². The van der Waals surface area contributed by atoms with Gasteiger partial charge in [-0.25, -0.2) is 0 Å². The zero-order valence-corrected chi connectivity index (χ0v) is 11.2. The molecule has 0 amide bonds. The maximum Gasteiger partial charge on any atom is 0.126 e. The summed E-state index contributed by atoms with van der Waals surface area (Å²) >= 11 is 0. The lowest BCUT2D eigenvalue weighted by molar-refractivity contribution is 0.306. The average Bonchev–Trinajstić information content (AvgIpc) is 2.46. The lowest BCUT2D eigenvalue weighted by Crippen LogP contribution is -1.95. The predicted molar refractivity (Wildman–Crippen MR) is 78.9 cm³/mol. The third kappa shape index (κ3) is 2.57. The van der Waals surface area contributed by atoms with E-state index in [0.717, 1.165) is 22.5 Å². The molecule has 0 unspecified atom stereocenters. The van der Waals surface area contributed by atoms with Gasteiger partial charge in [0.1, 0.15) is 18.1 Å². The van der Waals surface area contributed by atoms with Crippen LogP contribution in [-0.4, -0.2) is 10.1 Å². The molecule has 0 bridgehead atoms. The minimum Gasteiger partial charge on any atom is -0.507 e. The van der Waals surface area contributed by atoms with E-state index in [1.807, 2.05) is 55.5 Å². The molecule has 1 N–H and O–H groups in total. The molecule has 3 aromatic rings. The summed E-state index contributed by atoms with van der Waals surface area (Å²) in [5.74, 6) is 0.958. The summed E-state index contributed by atoms with van der Waals surface area (Å²) in [6, 6.07) is 17.2. The first-order valence-electron chi connectivity index (χ1n) is 6.49. The standard InChI is InChI=1S/C17H15NO2/c1-12-9-17(19)15-10-14(7-8-16(15)18-12)20-11-13-5-3-2-4-6-13/h2-10H,11H2,1H3,(H,18,19). The Bertz CT molecular complexity index is 739. The Kier molecular flexibility index (Phi) is 3.25. The zero-order valence-electron chi connectivity index (χ0n) is 11.2. The number of hydrogen-bond acceptors (Lipinski definition) is 3. The van der Waals surface area contributed by atoms with E-state index in [4.69, 9.17) is 4.74 Å². The Hall–Kier alpha value is -2.55. The number of aryl methyl sites for hydroxylation is 1. The van der Waals surface area contributed by atoms with Gasteiger partial charge in [-0.15, -0.1) is 0 Å². The number of rotatable bonds is 3. The highest BCUT2D eigenvalue weighted by molar-refractivity contribution is 5.86. The normalized spacial score (nSPS) is 10.7. The summed E-state index contributed by atoms with van der Waals surface area (Å²) in [4.78, 5) is 4.38. The van der Waals surface area contributed by atoms with Crippen LogP contribution in [0.25, 0.3) is 10.9 Å². The van der Waals surface area contributed by atoms with Crippen LogP contribution in [0.15, 0.2) is 54.6 Å². The van der Waals surface area contributed by atoms with Crippen LogP contribution in [0.3, 0.4) is 0 Å². The first-order valence-corrected chi connectivity index (χ1v) is 6.49. The first-order chi connectivity index (χ1) is 9.72. The maximum absolute atomic E-state index is 9.97. The Morgan fingerprint density at radius 3 is 2.65 bits per heavy atom. The summed E-state index contributed by atoms with van der Waals surface area (Å²) in [5, 5.41) is 10.7. The number of hydrogen-bond donors (Lipinski definition) is 1. The molecule has 0 aliphatic carbocycles. The summed E-state index contributed by atoms with van der Waals surface area (Å²) in [7, 11) is 0. The third-order valence-corrected chi connectivity index (χ3v) is 3.13. The number of benzene rings is 2. The van der Waals surface area contributed by atoms with E-state index in [-0.39, 0.29) is 5.75 Å². The van der Waals surface area contributed by atoms with Crippen molar-refractivity contribution in [1.29, 1.82) is 0 Å². The van der Waals surface area contributed by atoms with E-state index in [1.165, 1.54) is 0 Å². The number of aromatic nitrogens is 1. The Labute approximate surface area is 117 Å². The van der Waals surface area contributed by atoms with Gasteiger partial charge in [0, 0.05) is 17.1 Å². The van der Waals surface area contributed by atoms with Gasteiger partial charge in [0.15, 0.2) is 0 Å². The molecule has 2 aromatic carbocycles. The van der Waals surface area contributed by atoms with Gasteiger partial charge < -0.3 is 9.84 Å². The van der Waals surface area contributed by atoms with E-state index in [2.05, 4.69) is 4.98 Å². The smallest absolute Gasteiger partial charge is 0.126 e. The quantitative estimate of drug-likeness (QED) is 0.782. The van der Waals surface area contributed by atoms with Gasteiger partial charge in [-0.05, 0) is 30.7 Å². The van der Waals surface area contributed by atoms with Crippen LogP contribution in [0.4, 0.5) is 0 Å². The van der Waals surface area contributed by atoms with Crippen molar-refractivity contribution in [1.82, 2.24) is 4.98 Å². The number of aromatic hydroxyl groups is 1. The second-order valence-corrected chi connectivity index (χ2v) is 4.74. The first kappa shape index (κ1) is 12.5. The summed E-state index contributed by atoms with van der Waals surface area (Å²) in [6.07, 6.45) is 0. The molecule has 1 heterocycles. The average molecular weight is 265 g/mol. The Morgan fingerprint density at radius 1 is 1.05 bits per heavy atom. The lowest BCUT2D eigenvalue weighted by Gasteiger charge is -2.08. The molecule has 0 saturated carbocycles. The van der Waals surface area contributed by atoms with Crippen LogP contribution in [-0.2, 0) is 6.61 Å². The molecule has 1 aromatic heterocycles. The lowest BCUT2D eigenvalue weighted by atomic mass is 10.1. The molecule has 0 saturated heterocycles. The molecule has 3 rings (SSSR count). The van der Waals surface area contributed by atoms with E-state index in [9.17, 15) is 5.11 Å². The van der Waals surface area contributed by atoms with Gasteiger partial charge in [0.25, 0.3) is 0 Å². The highest BCUT2D eigenvalue weighted by atomic mass is 16.5. The van der Waals surface area contributed by atoms with Gasteiger partial charge in [0.2, 0.25) is 0 Å². The van der Waals surface area contributed by atoms with Crippen LogP contribution in [0, 0.1) is 6.92 Å². The van der Waals surface area contributed by atoms with Gasteiger partial charge in [-0.3, -0.25) is 4.98 Å². The van der Waals surface area contributed by atoms with Crippen molar-refractivity contribution in [3.8, 4) is 11.5 Å². The molecule has 3 heteroatoms. The highest BCUT2D eigenvalue weighted by Crippen LogP contribution is 2.28. The topological polar surface area (TPSA) is 42.4 Å². The van der Waals surface area contributed by atoms with E-state index < -0.39 is 0 Å². The minimum atomic E-state index is 0.234. The van der Waals surface area contributed by atoms with Gasteiger partial charge >= 0.3 is 0 Å². The Balaban J connectivity index is 1.86. The SMILES string of the molecule is Cc1cc(O)c2cc(OCc3ccccc3)ccc2n1. The molecule has 0 atom stereocenters. The van der Waals surface area contributed by atoms with Crippen molar-refractivity contribution in [2.45, 2.75) is 13.5 Å². The van der Waals surface area contributed by atoms with Crippen LogP contribution < -0.4 is 4.74 Å². The molecule has 0 fully saturated rings. The van der Waals surface area contributed by atoms with E-state index in [0.29, 0.717) is 12.0 Å². The number of fused-ring (bicyclic) bond motifs is 1. The fourth-order valence-electron chi connectivity index (χ4n) is 2.15. The monoisotopic (exact) mass is 265 g/mol. The van der Waals surface area contributed by atoms with Crippen LogP contribution in [0.5, 0.6) is 11.5 Å². The number of nitrogens with zero attached hydrogens (tertiary/aromatic N) is 1. The Morgan fingerprint density at radius 2 is 1.85 bits per heavy atom.